The number of amides is 1. The predicted molar refractivity (Wildman–Crippen MR) is 96.7 cm³/mol. The molecule has 0 atom stereocenters. The lowest BCUT2D eigenvalue weighted by atomic mass is 10.2. The number of carbonyl (C=O) groups is 1. The van der Waals surface area contributed by atoms with Gasteiger partial charge in [0, 0.05) is 17.0 Å². The molecule has 2 nitrogen and oxygen atoms in total. The summed E-state index contributed by atoms with van der Waals surface area (Å²) in [5.74, 6) is -0.131. The van der Waals surface area contributed by atoms with Crippen molar-refractivity contribution < 1.29 is 4.79 Å². The van der Waals surface area contributed by atoms with E-state index >= 15 is 0 Å². The van der Waals surface area contributed by atoms with Gasteiger partial charge in [-0.05, 0) is 74.9 Å². The molecule has 0 saturated carbocycles. The smallest absolute Gasteiger partial charge is 0.256 e. The second kappa shape index (κ2) is 6.69. The maximum absolute atomic E-state index is 12.3. The Labute approximate surface area is 149 Å². The lowest BCUT2D eigenvalue weighted by molar-refractivity contribution is 0.102. The molecule has 0 aliphatic carbocycles. The first-order valence-corrected chi connectivity index (χ1v) is 8.64. The average molecular weight is 560 g/mol. The Morgan fingerprint density at radius 1 is 1.00 bits per heavy atom. The van der Waals surface area contributed by atoms with E-state index in [9.17, 15) is 4.79 Å². The number of carbonyl (C=O) groups excluding carboxylic acids is 1. The van der Waals surface area contributed by atoms with Gasteiger partial charge in [-0.15, -0.1) is 0 Å². The zero-order chi connectivity index (χ0) is 14.0. The number of hydrogen-bond acceptors (Lipinski definition) is 1. The minimum absolute atomic E-state index is 0.131. The van der Waals surface area contributed by atoms with E-state index in [-0.39, 0.29) is 5.91 Å². The fraction of sp³-hybridized carbons (Fsp3) is 0. The molecular formula is C13H7Br3INO. The van der Waals surface area contributed by atoms with Gasteiger partial charge >= 0.3 is 0 Å². The summed E-state index contributed by atoms with van der Waals surface area (Å²) < 4.78 is 3.58. The zero-order valence-electron chi connectivity index (χ0n) is 9.38. The van der Waals surface area contributed by atoms with Crippen molar-refractivity contribution in [2.45, 2.75) is 0 Å². The molecule has 98 valence electrons. The first-order chi connectivity index (χ1) is 8.97. The summed E-state index contributed by atoms with van der Waals surface area (Å²) in [6, 6.07) is 11.2. The Hall–Kier alpha value is 0.0800. The molecule has 0 spiro atoms. The van der Waals surface area contributed by atoms with Crippen LogP contribution < -0.4 is 5.32 Å². The minimum atomic E-state index is -0.131. The fourth-order valence-electron chi connectivity index (χ4n) is 1.45. The van der Waals surface area contributed by atoms with Crippen LogP contribution in [0.4, 0.5) is 5.69 Å². The molecule has 19 heavy (non-hydrogen) atoms. The molecule has 0 fully saturated rings. The molecule has 0 aromatic heterocycles. The van der Waals surface area contributed by atoms with Crippen LogP contribution in [0, 0.1) is 3.57 Å². The number of halogens is 4. The van der Waals surface area contributed by atoms with Crippen LogP contribution in [-0.4, -0.2) is 5.91 Å². The molecule has 2 aromatic rings. The summed E-state index contributed by atoms with van der Waals surface area (Å²) in [5, 5.41) is 2.89. The topological polar surface area (TPSA) is 29.1 Å². The third-order valence-electron chi connectivity index (χ3n) is 2.35. The van der Waals surface area contributed by atoms with Crippen molar-refractivity contribution in [2.75, 3.05) is 5.32 Å². The Kier molecular flexibility index (Phi) is 5.45. The van der Waals surface area contributed by atoms with Gasteiger partial charge in [0.15, 0.2) is 0 Å². The highest BCUT2D eigenvalue weighted by molar-refractivity contribution is 14.1. The van der Waals surface area contributed by atoms with Crippen LogP contribution in [0.25, 0.3) is 0 Å². The second-order valence-corrected chi connectivity index (χ2v) is 7.55. The van der Waals surface area contributed by atoms with Crippen molar-refractivity contribution in [1.29, 1.82) is 0 Å². The molecule has 2 aromatic carbocycles. The third kappa shape index (κ3) is 4.03. The van der Waals surface area contributed by atoms with E-state index in [0.29, 0.717) is 5.56 Å². The van der Waals surface area contributed by atoms with Crippen LogP contribution in [0.1, 0.15) is 10.4 Å². The SMILES string of the molecule is O=C(Nc1ccc(Br)cc1Br)c1cc(Br)ccc1I. The standard InChI is InChI=1S/C13H7Br3INO/c14-7-1-3-11(17)9(5-7)13(19)18-12-4-2-8(15)6-10(12)16/h1-6H,(H,18,19). The first kappa shape index (κ1) is 15.5. The number of anilines is 1. The van der Waals surface area contributed by atoms with Gasteiger partial charge in [0.25, 0.3) is 5.91 Å². The minimum Gasteiger partial charge on any atom is -0.321 e. The van der Waals surface area contributed by atoms with Crippen molar-refractivity contribution in [1.82, 2.24) is 0 Å². The van der Waals surface area contributed by atoms with Crippen molar-refractivity contribution in [2.24, 2.45) is 0 Å². The zero-order valence-corrected chi connectivity index (χ0v) is 16.3. The maximum Gasteiger partial charge on any atom is 0.256 e. The Balaban J connectivity index is 2.28. The van der Waals surface area contributed by atoms with Crippen molar-refractivity contribution in [3.63, 3.8) is 0 Å². The largest absolute Gasteiger partial charge is 0.321 e. The Bertz CT molecular complexity index is 646. The van der Waals surface area contributed by atoms with E-state index in [1.165, 1.54) is 0 Å². The van der Waals surface area contributed by atoms with Gasteiger partial charge in [-0.25, -0.2) is 0 Å². The third-order valence-corrected chi connectivity index (χ3v) is 4.94. The molecule has 0 radical (unpaired) electrons. The van der Waals surface area contributed by atoms with Crippen LogP contribution in [0.15, 0.2) is 49.8 Å². The molecule has 0 aliphatic heterocycles. The van der Waals surface area contributed by atoms with Gasteiger partial charge in [-0.2, -0.15) is 0 Å². The summed E-state index contributed by atoms with van der Waals surface area (Å²) in [7, 11) is 0. The number of hydrogen-bond donors (Lipinski definition) is 1. The monoisotopic (exact) mass is 557 g/mol. The van der Waals surface area contributed by atoms with E-state index in [0.717, 1.165) is 22.7 Å². The molecule has 0 unspecified atom stereocenters. The highest BCUT2D eigenvalue weighted by atomic mass is 127. The highest BCUT2D eigenvalue weighted by Crippen LogP contribution is 2.27. The predicted octanol–water partition coefficient (Wildman–Crippen LogP) is 5.83. The average Bonchev–Trinajstić information content (AvgIpc) is 2.35. The summed E-state index contributed by atoms with van der Waals surface area (Å²) in [6.45, 7) is 0. The van der Waals surface area contributed by atoms with Gasteiger partial charge in [0.05, 0.1) is 11.3 Å². The van der Waals surface area contributed by atoms with Crippen LogP contribution in [0.5, 0.6) is 0 Å². The summed E-state index contributed by atoms with van der Waals surface area (Å²) in [5.41, 5.74) is 1.38. The lowest BCUT2D eigenvalue weighted by Gasteiger charge is -2.09. The lowest BCUT2D eigenvalue weighted by Crippen LogP contribution is -2.13. The van der Waals surface area contributed by atoms with E-state index in [1.807, 2.05) is 36.4 Å². The Morgan fingerprint density at radius 2 is 1.63 bits per heavy atom. The fourth-order valence-corrected chi connectivity index (χ4v) is 3.54. The van der Waals surface area contributed by atoms with Gasteiger partial charge in [-0.1, -0.05) is 31.9 Å². The van der Waals surface area contributed by atoms with Gasteiger partial charge < -0.3 is 5.32 Å². The van der Waals surface area contributed by atoms with Crippen LogP contribution in [0.3, 0.4) is 0 Å². The number of benzene rings is 2. The maximum atomic E-state index is 12.3. The summed E-state index contributed by atoms with van der Waals surface area (Å²) in [4.78, 5) is 12.3. The van der Waals surface area contributed by atoms with Crippen LogP contribution in [0.2, 0.25) is 0 Å². The van der Waals surface area contributed by atoms with Gasteiger partial charge in [0.1, 0.15) is 0 Å². The summed E-state index contributed by atoms with van der Waals surface area (Å²) in [6.07, 6.45) is 0. The number of rotatable bonds is 2. The Morgan fingerprint density at radius 3 is 2.32 bits per heavy atom. The molecular weight excluding hydrogens is 553 g/mol. The molecule has 1 N–H and O–H groups in total. The summed E-state index contributed by atoms with van der Waals surface area (Å²) >= 11 is 12.3. The molecule has 0 saturated heterocycles. The van der Waals surface area contributed by atoms with Crippen LogP contribution in [-0.2, 0) is 0 Å². The molecule has 2 rings (SSSR count). The number of nitrogens with one attached hydrogen (secondary N) is 1. The van der Waals surface area contributed by atoms with Crippen molar-refractivity contribution in [3.8, 4) is 0 Å². The molecule has 0 heterocycles. The molecule has 6 heteroatoms. The quantitative estimate of drug-likeness (QED) is 0.461. The molecule has 1 amide bonds. The van der Waals surface area contributed by atoms with Crippen molar-refractivity contribution in [3.05, 3.63) is 58.9 Å². The van der Waals surface area contributed by atoms with Crippen molar-refractivity contribution >= 4 is 82.0 Å². The van der Waals surface area contributed by atoms with Gasteiger partial charge in [-0.3, -0.25) is 4.79 Å². The normalized spacial score (nSPS) is 10.3. The highest BCUT2D eigenvalue weighted by Gasteiger charge is 2.12. The van der Waals surface area contributed by atoms with E-state index in [4.69, 9.17) is 0 Å². The molecule has 0 aliphatic rings. The van der Waals surface area contributed by atoms with E-state index < -0.39 is 0 Å². The van der Waals surface area contributed by atoms with Gasteiger partial charge in [0.2, 0.25) is 0 Å². The first-order valence-electron chi connectivity index (χ1n) is 5.19. The second-order valence-electron chi connectivity index (χ2n) is 3.70. The molecule has 0 bridgehead atoms. The van der Waals surface area contributed by atoms with Crippen LogP contribution >= 0.6 is 70.4 Å². The van der Waals surface area contributed by atoms with E-state index in [1.54, 1.807) is 0 Å². The van der Waals surface area contributed by atoms with E-state index in [2.05, 4.69) is 75.7 Å².